The lowest BCUT2D eigenvalue weighted by Gasteiger charge is -2.16. The molecule has 0 unspecified atom stereocenters. The predicted molar refractivity (Wildman–Crippen MR) is 78.6 cm³/mol. The Bertz CT molecular complexity index is 778. The number of ether oxygens (including phenoxy) is 1. The summed E-state index contributed by atoms with van der Waals surface area (Å²) in [5.41, 5.74) is 1.71. The van der Waals surface area contributed by atoms with E-state index in [2.05, 4.69) is 19.5 Å². The number of phosphoric ester groups is 1. The fraction of sp³-hybridized carbons (Fsp3) is 0.583. The van der Waals surface area contributed by atoms with E-state index in [1.165, 1.54) is 17.2 Å². The van der Waals surface area contributed by atoms with Crippen LogP contribution in [0.4, 0.5) is 0 Å². The second kappa shape index (κ2) is 6.45. The van der Waals surface area contributed by atoms with Gasteiger partial charge in [-0.15, -0.1) is 0 Å². The molecule has 3 heterocycles. The van der Waals surface area contributed by atoms with Crippen LogP contribution in [0, 0.1) is 0 Å². The normalized spacial score (nSPS) is 27.9. The summed E-state index contributed by atoms with van der Waals surface area (Å²) in [5.74, 6) is 0. The molecule has 0 amide bonds. The lowest BCUT2D eigenvalue weighted by atomic mass is 10.1. The maximum absolute atomic E-state index is 10.8. The molecule has 0 aliphatic carbocycles. The standard InChI is InChI=1S/C12H17N4O7P/c1-2-6-8-11(14-4-13-6)16(5-15-8)12-10(18)9(17)7(23-12)3-22-24(19,20)21/h4-5,7,9-10,12,17-18H,2-3H2,1H3,(H2,19,20,21)/t7-,9-,10-,12-/m1/s1. The number of phosphoric acid groups is 1. The molecule has 11 nitrogen and oxygen atoms in total. The monoisotopic (exact) mass is 360 g/mol. The number of aliphatic hydroxyl groups excluding tert-OH is 2. The lowest BCUT2D eigenvalue weighted by Crippen LogP contribution is -2.33. The highest BCUT2D eigenvalue weighted by Crippen LogP contribution is 2.38. The summed E-state index contributed by atoms with van der Waals surface area (Å²) < 4.78 is 22.1. The van der Waals surface area contributed by atoms with Crippen LogP contribution in [-0.2, 0) is 20.2 Å². The summed E-state index contributed by atoms with van der Waals surface area (Å²) in [6.07, 6.45) is -1.43. The summed E-state index contributed by atoms with van der Waals surface area (Å²) >= 11 is 0. The van der Waals surface area contributed by atoms with E-state index in [-0.39, 0.29) is 0 Å². The molecule has 1 fully saturated rings. The molecule has 0 radical (unpaired) electrons. The summed E-state index contributed by atoms with van der Waals surface area (Å²) in [4.78, 5) is 29.9. The van der Waals surface area contributed by atoms with Crippen LogP contribution in [0.5, 0.6) is 0 Å². The van der Waals surface area contributed by atoms with Gasteiger partial charge in [-0.3, -0.25) is 9.09 Å². The number of hydrogen-bond acceptors (Lipinski definition) is 8. The van der Waals surface area contributed by atoms with Crippen LogP contribution in [0.2, 0.25) is 0 Å². The first kappa shape index (κ1) is 17.4. The fourth-order valence-corrected chi connectivity index (χ4v) is 2.95. The van der Waals surface area contributed by atoms with Crippen molar-refractivity contribution < 1.29 is 33.8 Å². The highest BCUT2D eigenvalue weighted by Gasteiger charge is 2.45. The van der Waals surface area contributed by atoms with Crippen LogP contribution in [0.1, 0.15) is 18.8 Å². The number of imidazole rings is 1. The molecular formula is C12H17N4O7P. The minimum atomic E-state index is -4.71. The molecule has 1 aliphatic heterocycles. The van der Waals surface area contributed by atoms with Gasteiger partial charge in [-0.05, 0) is 6.42 Å². The van der Waals surface area contributed by atoms with E-state index in [0.717, 1.165) is 5.69 Å². The zero-order chi connectivity index (χ0) is 17.5. The maximum Gasteiger partial charge on any atom is 0.469 e. The van der Waals surface area contributed by atoms with Gasteiger partial charge in [-0.1, -0.05) is 6.92 Å². The van der Waals surface area contributed by atoms with Crippen LogP contribution in [0.25, 0.3) is 11.2 Å². The van der Waals surface area contributed by atoms with Gasteiger partial charge in [0, 0.05) is 0 Å². The van der Waals surface area contributed by atoms with Crippen molar-refractivity contribution in [2.24, 2.45) is 0 Å². The smallest absolute Gasteiger partial charge is 0.387 e. The largest absolute Gasteiger partial charge is 0.469 e. The first-order chi connectivity index (χ1) is 11.3. The zero-order valence-electron chi connectivity index (χ0n) is 12.6. The number of aromatic nitrogens is 4. The van der Waals surface area contributed by atoms with E-state index >= 15 is 0 Å². The SMILES string of the molecule is CCc1ncnc2c1ncn2[C@@H]1O[C@H](COP(=O)(O)O)[C@@H](O)[C@H]1O. The third-order valence-corrected chi connectivity index (χ3v) is 4.27. The molecule has 2 aromatic rings. The summed E-state index contributed by atoms with van der Waals surface area (Å²) in [5, 5.41) is 20.2. The van der Waals surface area contributed by atoms with Crippen molar-refractivity contribution in [1.29, 1.82) is 0 Å². The average Bonchev–Trinajstić information content (AvgIpc) is 3.07. The second-order valence-electron chi connectivity index (χ2n) is 5.33. The van der Waals surface area contributed by atoms with Gasteiger partial charge in [0.15, 0.2) is 11.9 Å². The van der Waals surface area contributed by atoms with E-state index in [1.807, 2.05) is 6.92 Å². The Morgan fingerprint density at radius 3 is 2.71 bits per heavy atom. The number of aryl methyl sites for hydroxylation is 1. The molecule has 1 saturated heterocycles. The van der Waals surface area contributed by atoms with Gasteiger partial charge >= 0.3 is 7.82 Å². The number of nitrogens with zero attached hydrogens (tertiary/aromatic N) is 4. The summed E-state index contributed by atoms with van der Waals surface area (Å²) in [6.45, 7) is 1.35. The van der Waals surface area contributed by atoms with Crippen molar-refractivity contribution >= 4 is 19.0 Å². The van der Waals surface area contributed by atoms with E-state index in [9.17, 15) is 14.8 Å². The molecule has 0 aromatic carbocycles. The molecule has 12 heteroatoms. The Labute approximate surface area is 136 Å². The molecular weight excluding hydrogens is 343 g/mol. The molecule has 4 N–H and O–H groups in total. The van der Waals surface area contributed by atoms with Crippen LogP contribution >= 0.6 is 7.82 Å². The quantitative estimate of drug-likeness (QED) is 0.493. The van der Waals surface area contributed by atoms with Gasteiger partial charge in [0.1, 0.15) is 30.2 Å². The summed E-state index contributed by atoms with van der Waals surface area (Å²) in [6, 6.07) is 0. The fourth-order valence-electron chi connectivity index (χ4n) is 2.61. The lowest BCUT2D eigenvalue weighted by molar-refractivity contribution is -0.0504. The van der Waals surface area contributed by atoms with E-state index < -0.39 is 39.0 Å². The van der Waals surface area contributed by atoms with E-state index in [1.54, 1.807) is 0 Å². The molecule has 4 atom stereocenters. The topological polar surface area (TPSA) is 160 Å². The number of rotatable bonds is 5. The first-order valence-corrected chi connectivity index (χ1v) is 8.73. The van der Waals surface area contributed by atoms with Gasteiger partial charge in [-0.2, -0.15) is 0 Å². The molecule has 0 bridgehead atoms. The Morgan fingerprint density at radius 1 is 1.29 bits per heavy atom. The average molecular weight is 360 g/mol. The summed E-state index contributed by atoms with van der Waals surface area (Å²) in [7, 11) is -4.71. The highest BCUT2D eigenvalue weighted by atomic mass is 31.2. The van der Waals surface area contributed by atoms with Crippen molar-refractivity contribution in [3.05, 3.63) is 18.3 Å². The van der Waals surface area contributed by atoms with Gasteiger partial charge in [0.25, 0.3) is 0 Å². The minimum absolute atomic E-state index is 0.426. The van der Waals surface area contributed by atoms with Crippen LogP contribution < -0.4 is 0 Å². The third kappa shape index (κ3) is 3.20. The van der Waals surface area contributed by atoms with Crippen molar-refractivity contribution in [1.82, 2.24) is 19.5 Å². The van der Waals surface area contributed by atoms with Gasteiger partial charge < -0.3 is 24.7 Å². The second-order valence-corrected chi connectivity index (χ2v) is 6.57. The van der Waals surface area contributed by atoms with E-state index in [4.69, 9.17) is 14.5 Å². The molecule has 0 saturated carbocycles. The molecule has 0 spiro atoms. The number of fused-ring (bicyclic) bond motifs is 1. The van der Waals surface area contributed by atoms with E-state index in [0.29, 0.717) is 17.6 Å². The Balaban J connectivity index is 1.86. The Kier molecular flexibility index (Phi) is 4.67. The van der Waals surface area contributed by atoms with Crippen LogP contribution in [0.3, 0.4) is 0 Å². The van der Waals surface area contributed by atoms with Gasteiger partial charge in [0.05, 0.1) is 18.6 Å². The molecule has 132 valence electrons. The maximum atomic E-state index is 10.8. The molecule has 3 rings (SSSR count). The number of aliphatic hydroxyl groups is 2. The predicted octanol–water partition coefficient (Wildman–Crippen LogP) is -0.883. The van der Waals surface area contributed by atoms with Gasteiger partial charge in [-0.25, -0.2) is 19.5 Å². The third-order valence-electron chi connectivity index (χ3n) is 3.79. The first-order valence-electron chi connectivity index (χ1n) is 7.20. The van der Waals surface area contributed by atoms with Gasteiger partial charge in [0.2, 0.25) is 0 Å². The van der Waals surface area contributed by atoms with Crippen molar-refractivity contribution in [2.75, 3.05) is 6.61 Å². The molecule has 24 heavy (non-hydrogen) atoms. The number of hydrogen-bond donors (Lipinski definition) is 4. The Morgan fingerprint density at radius 2 is 2.04 bits per heavy atom. The van der Waals surface area contributed by atoms with Crippen molar-refractivity contribution in [2.45, 2.75) is 37.9 Å². The van der Waals surface area contributed by atoms with Crippen LogP contribution in [-0.4, -0.2) is 64.4 Å². The minimum Gasteiger partial charge on any atom is -0.387 e. The van der Waals surface area contributed by atoms with Crippen molar-refractivity contribution in [3.8, 4) is 0 Å². The Hall–Kier alpha value is -1.46. The van der Waals surface area contributed by atoms with Crippen molar-refractivity contribution in [3.63, 3.8) is 0 Å². The highest BCUT2D eigenvalue weighted by molar-refractivity contribution is 7.46. The molecule has 2 aromatic heterocycles. The zero-order valence-corrected chi connectivity index (χ0v) is 13.5. The van der Waals surface area contributed by atoms with Crippen LogP contribution in [0.15, 0.2) is 12.7 Å². The molecule has 1 aliphatic rings.